The average Bonchev–Trinajstić information content (AvgIpc) is 2.56. The molecule has 2 aromatic rings. The normalized spacial score (nSPS) is 11.5. The molecule has 0 saturated heterocycles. The Hall–Kier alpha value is -1.21. The van der Waals surface area contributed by atoms with Crippen molar-refractivity contribution in [1.29, 1.82) is 0 Å². The quantitative estimate of drug-likeness (QED) is 0.676. The highest BCUT2D eigenvalue weighted by molar-refractivity contribution is 7.98. The minimum Gasteiger partial charge on any atom is -0.496 e. The number of halogens is 1. The molecule has 0 fully saturated rings. The predicted octanol–water partition coefficient (Wildman–Crippen LogP) is 4.18. The molecule has 0 unspecified atom stereocenters. The van der Waals surface area contributed by atoms with E-state index in [0.717, 1.165) is 16.9 Å². The van der Waals surface area contributed by atoms with Crippen molar-refractivity contribution in [3.05, 3.63) is 58.1 Å². The summed E-state index contributed by atoms with van der Waals surface area (Å²) in [5.41, 5.74) is 2.59. The first kappa shape index (κ1) is 20.1. The van der Waals surface area contributed by atoms with Gasteiger partial charge in [0.15, 0.2) is 0 Å². The highest BCUT2D eigenvalue weighted by Gasteiger charge is 2.18. The molecule has 2 rings (SSSR count). The van der Waals surface area contributed by atoms with Crippen molar-refractivity contribution < 1.29 is 13.2 Å². The van der Waals surface area contributed by atoms with Gasteiger partial charge in [-0.15, -0.1) is 0 Å². The van der Waals surface area contributed by atoms with Gasteiger partial charge in [0.2, 0.25) is 10.0 Å². The van der Waals surface area contributed by atoms with Gasteiger partial charge in [0, 0.05) is 23.1 Å². The smallest absolute Gasteiger partial charge is 0.240 e. The van der Waals surface area contributed by atoms with Crippen LogP contribution in [0, 0.1) is 13.8 Å². The molecule has 0 aromatic heterocycles. The van der Waals surface area contributed by atoms with Crippen LogP contribution < -0.4 is 9.46 Å². The van der Waals surface area contributed by atoms with E-state index in [-0.39, 0.29) is 0 Å². The minimum atomic E-state index is -3.53. The van der Waals surface area contributed by atoms with Crippen LogP contribution in [0.5, 0.6) is 5.75 Å². The number of ether oxygens (including phenoxy) is 1. The Bertz CT molecular complexity index is 838. The second kappa shape index (κ2) is 8.94. The third-order valence-corrected chi connectivity index (χ3v) is 6.55. The van der Waals surface area contributed by atoms with Crippen LogP contribution in [0.1, 0.15) is 16.7 Å². The van der Waals surface area contributed by atoms with Crippen LogP contribution in [0.2, 0.25) is 5.02 Å². The van der Waals surface area contributed by atoms with Gasteiger partial charge in [0.25, 0.3) is 0 Å². The third-order valence-electron chi connectivity index (χ3n) is 3.68. The Morgan fingerprint density at radius 2 is 1.92 bits per heavy atom. The van der Waals surface area contributed by atoms with Crippen LogP contribution in [0.4, 0.5) is 0 Å². The molecule has 0 amide bonds. The second-order valence-corrected chi connectivity index (χ2v) is 8.94. The highest BCUT2D eigenvalue weighted by Crippen LogP contribution is 2.25. The van der Waals surface area contributed by atoms with Gasteiger partial charge in [-0.05, 0) is 54.8 Å². The molecular formula is C18H22ClNO3S2. The van der Waals surface area contributed by atoms with E-state index in [9.17, 15) is 8.42 Å². The van der Waals surface area contributed by atoms with Crippen LogP contribution in [-0.4, -0.2) is 27.8 Å². The van der Waals surface area contributed by atoms with Crippen molar-refractivity contribution in [2.75, 3.05) is 19.4 Å². The lowest BCUT2D eigenvalue weighted by Gasteiger charge is -2.12. The molecular weight excluding hydrogens is 378 g/mol. The molecule has 0 aliphatic rings. The van der Waals surface area contributed by atoms with Gasteiger partial charge < -0.3 is 4.74 Å². The molecule has 2 aromatic carbocycles. The number of aryl methyl sites for hydroxylation is 2. The van der Waals surface area contributed by atoms with Gasteiger partial charge in [-0.25, -0.2) is 13.1 Å². The molecule has 0 spiro atoms. The Balaban J connectivity index is 1.90. The van der Waals surface area contributed by atoms with Crippen molar-refractivity contribution in [1.82, 2.24) is 4.72 Å². The number of hydrogen-bond acceptors (Lipinski definition) is 4. The summed E-state index contributed by atoms with van der Waals surface area (Å²) < 4.78 is 32.9. The lowest BCUT2D eigenvalue weighted by atomic mass is 10.1. The Labute approximate surface area is 159 Å². The van der Waals surface area contributed by atoms with E-state index < -0.39 is 10.0 Å². The van der Waals surface area contributed by atoms with Gasteiger partial charge in [0.1, 0.15) is 5.75 Å². The van der Waals surface area contributed by atoms with E-state index >= 15 is 0 Å². The summed E-state index contributed by atoms with van der Waals surface area (Å²) in [6, 6.07) is 11.1. The maximum atomic E-state index is 12.5. The number of nitrogens with one attached hydrogen (secondary N) is 1. The maximum absolute atomic E-state index is 12.5. The summed E-state index contributed by atoms with van der Waals surface area (Å²) in [6.07, 6.45) is 0. The molecule has 4 nitrogen and oxygen atoms in total. The van der Waals surface area contributed by atoms with Gasteiger partial charge in [-0.2, -0.15) is 11.8 Å². The van der Waals surface area contributed by atoms with E-state index in [2.05, 4.69) is 4.72 Å². The molecule has 136 valence electrons. The van der Waals surface area contributed by atoms with E-state index in [1.807, 2.05) is 31.2 Å². The Morgan fingerprint density at radius 3 is 2.60 bits per heavy atom. The molecule has 0 aliphatic carbocycles. The molecule has 7 heteroatoms. The van der Waals surface area contributed by atoms with Crippen molar-refractivity contribution >= 4 is 33.4 Å². The van der Waals surface area contributed by atoms with E-state index in [4.69, 9.17) is 16.3 Å². The van der Waals surface area contributed by atoms with Crippen LogP contribution in [-0.2, 0) is 15.8 Å². The zero-order valence-corrected chi connectivity index (χ0v) is 16.9. The summed E-state index contributed by atoms with van der Waals surface area (Å²) in [7, 11) is -1.96. The number of rotatable bonds is 8. The first-order chi connectivity index (χ1) is 11.8. The Morgan fingerprint density at radius 1 is 1.16 bits per heavy atom. The average molecular weight is 400 g/mol. The topological polar surface area (TPSA) is 55.4 Å². The van der Waals surface area contributed by atoms with Gasteiger partial charge in [-0.3, -0.25) is 0 Å². The van der Waals surface area contributed by atoms with E-state index in [1.165, 1.54) is 0 Å². The summed E-state index contributed by atoms with van der Waals surface area (Å²) in [5, 5.41) is 0.712. The summed E-state index contributed by atoms with van der Waals surface area (Å²) in [5.74, 6) is 2.16. The molecule has 0 aliphatic heterocycles. The van der Waals surface area contributed by atoms with E-state index in [1.54, 1.807) is 37.9 Å². The number of sulfonamides is 1. The fourth-order valence-electron chi connectivity index (χ4n) is 2.42. The largest absolute Gasteiger partial charge is 0.496 e. The van der Waals surface area contributed by atoms with Gasteiger partial charge >= 0.3 is 0 Å². The SMILES string of the molecule is COc1cc(C)c(S(=O)(=O)NCCSCc2cccc(Cl)c2)cc1C. The van der Waals surface area contributed by atoms with Crippen molar-refractivity contribution in [2.24, 2.45) is 0 Å². The molecule has 0 atom stereocenters. The van der Waals surface area contributed by atoms with Gasteiger partial charge in [0.05, 0.1) is 12.0 Å². The highest BCUT2D eigenvalue weighted by atomic mass is 35.5. The fraction of sp³-hybridized carbons (Fsp3) is 0.333. The monoisotopic (exact) mass is 399 g/mol. The van der Waals surface area contributed by atoms with Crippen LogP contribution in [0.3, 0.4) is 0 Å². The summed E-state index contributed by atoms with van der Waals surface area (Å²) in [4.78, 5) is 0.297. The lowest BCUT2D eigenvalue weighted by molar-refractivity contribution is 0.411. The molecule has 0 radical (unpaired) electrons. The molecule has 0 bridgehead atoms. The lowest BCUT2D eigenvalue weighted by Crippen LogP contribution is -2.26. The third kappa shape index (κ3) is 5.64. The number of thioether (sulfide) groups is 1. The predicted molar refractivity (Wildman–Crippen MR) is 105 cm³/mol. The van der Waals surface area contributed by atoms with Crippen molar-refractivity contribution in [3.8, 4) is 5.75 Å². The summed E-state index contributed by atoms with van der Waals surface area (Å²) >= 11 is 7.61. The van der Waals surface area contributed by atoms with Crippen LogP contribution in [0.15, 0.2) is 41.3 Å². The first-order valence-electron chi connectivity index (χ1n) is 7.80. The zero-order chi connectivity index (χ0) is 18.4. The standard InChI is InChI=1S/C18H22ClNO3S2/c1-13-10-18(14(2)9-17(13)23-3)25(21,22)20-7-8-24-12-15-5-4-6-16(19)11-15/h4-6,9-11,20H,7-8,12H2,1-3H3. The second-order valence-electron chi connectivity index (χ2n) is 5.67. The number of benzene rings is 2. The van der Waals surface area contributed by atoms with Gasteiger partial charge in [-0.1, -0.05) is 23.7 Å². The molecule has 0 heterocycles. The number of hydrogen-bond donors (Lipinski definition) is 1. The van der Waals surface area contributed by atoms with Crippen molar-refractivity contribution in [3.63, 3.8) is 0 Å². The molecule has 0 saturated carbocycles. The maximum Gasteiger partial charge on any atom is 0.240 e. The van der Waals surface area contributed by atoms with E-state index in [0.29, 0.717) is 33.5 Å². The zero-order valence-electron chi connectivity index (χ0n) is 14.5. The fourth-order valence-corrected chi connectivity index (χ4v) is 4.90. The number of methoxy groups -OCH3 is 1. The Kier molecular flexibility index (Phi) is 7.19. The van der Waals surface area contributed by atoms with Crippen LogP contribution >= 0.6 is 23.4 Å². The minimum absolute atomic E-state index is 0.297. The summed E-state index contributed by atoms with van der Waals surface area (Å²) in [6.45, 7) is 3.97. The first-order valence-corrected chi connectivity index (χ1v) is 10.8. The molecule has 1 N–H and O–H groups in total. The van der Waals surface area contributed by atoms with Crippen molar-refractivity contribution in [2.45, 2.75) is 24.5 Å². The van der Waals surface area contributed by atoms with Crippen LogP contribution in [0.25, 0.3) is 0 Å². The molecule has 25 heavy (non-hydrogen) atoms.